The highest BCUT2D eigenvalue weighted by Gasteiger charge is 2.78. The molecule has 2 aliphatic rings. The second-order valence-corrected chi connectivity index (χ2v) is 9.14. The molecule has 2 aliphatic carbocycles. The molecular formula is C14H9Cl7O. The van der Waals surface area contributed by atoms with Crippen LogP contribution in [-0.4, -0.2) is 20.7 Å². The zero-order chi connectivity index (χ0) is 16.3. The molecule has 22 heavy (non-hydrogen) atoms. The monoisotopic (exact) mass is 438 g/mol. The molecule has 0 aliphatic heterocycles. The molecule has 1 nitrogen and oxygen atoms in total. The van der Waals surface area contributed by atoms with Crippen LogP contribution in [0.3, 0.4) is 0 Å². The lowest BCUT2D eigenvalue weighted by Crippen LogP contribution is -2.45. The Bertz CT molecular complexity index is 641. The zero-order valence-electron chi connectivity index (χ0n) is 10.9. The summed E-state index contributed by atoms with van der Waals surface area (Å²) in [6.45, 7) is 0.251. The van der Waals surface area contributed by atoms with Gasteiger partial charge in [-0.25, -0.2) is 0 Å². The Hall–Kier alpha value is 0.790. The lowest BCUT2D eigenvalue weighted by molar-refractivity contribution is 0.234. The van der Waals surface area contributed by atoms with Crippen LogP contribution in [0.1, 0.15) is 6.42 Å². The van der Waals surface area contributed by atoms with Crippen LogP contribution in [0.15, 0.2) is 34.3 Å². The SMILES string of the molecule is ClC1=C(Cl)[C@@]2(Cl)[C@H](COc3ccc(Cl)cc3)C[C@]1(Cl)C2(Cl)Cl. The van der Waals surface area contributed by atoms with Crippen molar-refractivity contribution in [2.75, 3.05) is 6.61 Å². The Morgan fingerprint density at radius 3 is 2.05 bits per heavy atom. The van der Waals surface area contributed by atoms with Gasteiger partial charge in [-0.2, -0.15) is 0 Å². The van der Waals surface area contributed by atoms with Crippen LogP contribution in [0.2, 0.25) is 5.02 Å². The number of allylic oxidation sites excluding steroid dienone is 2. The summed E-state index contributed by atoms with van der Waals surface area (Å²) in [5, 5.41) is 1.02. The summed E-state index contributed by atoms with van der Waals surface area (Å²) < 4.78 is 4.23. The summed E-state index contributed by atoms with van der Waals surface area (Å²) in [7, 11) is 0. The minimum atomic E-state index is -1.51. The highest BCUT2D eigenvalue weighted by molar-refractivity contribution is 6.65. The minimum absolute atomic E-state index is 0.187. The molecule has 2 bridgehead atoms. The molecule has 0 spiro atoms. The Morgan fingerprint density at radius 2 is 1.55 bits per heavy atom. The van der Waals surface area contributed by atoms with Gasteiger partial charge in [-0.1, -0.05) is 58.0 Å². The number of rotatable bonds is 3. The van der Waals surface area contributed by atoms with Crippen LogP contribution < -0.4 is 4.74 Å². The molecule has 1 aromatic carbocycles. The van der Waals surface area contributed by atoms with Gasteiger partial charge in [0.1, 0.15) is 15.5 Å². The van der Waals surface area contributed by atoms with Crippen molar-refractivity contribution in [3.05, 3.63) is 39.4 Å². The second kappa shape index (κ2) is 5.66. The molecule has 1 aromatic rings. The summed E-state index contributed by atoms with van der Waals surface area (Å²) >= 11 is 44.3. The van der Waals surface area contributed by atoms with Crippen molar-refractivity contribution in [2.24, 2.45) is 5.92 Å². The first-order chi connectivity index (χ1) is 10.1. The summed E-state index contributed by atoms with van der Waals surface area (Å²) in [6, 6.07) is 6.97. The Kier molecular flexibility index (Phi) is 4.53. The van der Waals surface area contributed by atoms with Crippen LogP contribution in [0.25, 0.3) is 0 Å². The molecule has 0 saturated heterocycles. The number of alkyl halides is 4. The number of hydrogen-bond acceptors (Lipinski definition) is 1. The van der Waals surface area contributed by atoms with Gasteiger partial charge in [-0.3, -0.25) is 0 Å². The molecule has 120 valence electrons. The van der Waals surface area contributed by atoms with Gasteiger partial charge >= 0.3 is 0 Å². The van der Waals surface area contributed by atoms with Gasteiger partial charge in [-0.15, -0.1) is 23.2 Å². The number of fused-ring (bicyclic) bond motifs is 2. The van der Waals surface area contributed by atoms with Gasteiger partial charge in [0.05, 0.1) is 16.7 Å². The van der Waals surface area contributed by atoms with Crippen molar-refractivity contribution < 1.29 is 4.74 Å². The summed E-state index contributed by atoms with van der Waals surface area (Å²) in [5.74, 6) is 0.365. The van der Waals surface area contributed by atoms with E-state index >= 15 is 0 Å². The lowest BCUT2D eigenvalue weighted by Gasteiger charge is -2.33. The molecule has 3 atom stereocenters. The topological polar surface area (TPSA) is 9.23 Å². The van der Waals surface area contributed by atoms with Gasteiger partial charge in [-0.05, 0) is 30.7 Å². The van der Waals surface area contributed by atoms with Crippen LogP contribution >= 0.6 is 81.2 Å². The van der Waals surface area contributed by atoms with E-state index in [2.05, 4.69) is 0 Å². The third-order valence-electron chi connectivity index (χ3n) is 4.17. The quantitative estimate of drug-likeness (QED) is 0.482. The van der Waals surface area contributed by atoms with Crippen molar-refractivity contribution in [3.63, 3.8) is 0 Å². The fourth-order valence-electron chi connectivity index (χ4n) is 2.93. The van der Waals surface area contributed by atoms with E-state index in [0.717, 1.165) is 0 Å². The lowest BCUT2D eigenvalue weighted by atomic mass is 9.93. The standard InChI is InChI=1S/C14H9Cl7O/c15-8-1-3-9(4-2-8)22-6-7-5-12(18)10(16)11(17)13(7,19)14(12,20)21/h1-4,7H,5-6H2/t7-,12+,13-/m0/s1. The highest BCUT2D eigenvalue weighted by atomic mass is 35.5. The predicted octanol–water partition coefficient (Wildman–Crippen LogP) is 6.57. The Morgan fingerprint density at radius 1 is 0.955 bits per heavy atom. The molecule has 0 radical (unpaired) electrons. The number of hydrogen-bond donors (Lipinski definition) is 0. The van der Waals surface area contributed by atoms with E-state index in [9.17, 15) is 0 Å². The smallest absolute Gasteiger partial charge is 0.166 e. The van der Waals surface area contributed by atoms with E-state index in [0.29, 0.717) is 17.2 Å². The molecule has 0 aromatic heterocycles. The molecule has 0 unspecified atom stereocenters. The molecule has 1 saturated carbocycles. The molecule has 8 heteroatoms. The van der Waals surface area contributed by atoms with Crippen LogP contribution in [0, 0.1) is 5.92 Å². The first-order valence-electron chi connectivity index (χ1n) is 6.35. The third-order valence-corrected chi connectivity index (χ3v) is 8.75. The van der Waals surface area contributed by atoms with Crippen LogP contribution in [0.5, 0.6) is 5.75 Å². The average molecular weight is 441 g/mol. The molecule has 0 heterocycles. The number of ether oxygens (including phenoxy) is 1. The van der Waals surface area contributed by atoms with E-state index in [-0.39, 0.29) is 22.6 Å². The zero-order valence-corrected chi connectivity index (χ0v) is 16.1. The average Bonchev–Trinajstić information content (AvgIpc) is 2.69. The molecule has 0 amide bonds. The fourth-order valence-corrected chi connectivity index (χ4v) is 5.89. The Labute approximate surface area is 163 Å². The molecule has 1 fully saturated rings. The summed E-state index contributed by atoms with van der Waals surface area (Å²) in [6.07, 6.45) is 0.369. The first kappa shape index (κ1) is 17.6. The third kappa shape index (κ3) is 2.20. The second-order valence-electron chi connectivity index (χ2n) is 5.38. The van der Waals surface area contributed by atoms with Gasteiger partial charge < -0.3 is 4.74 Å². The van der Waals surface area contributed by atoms with Gasteiger partial charge in [0.15, 0.2) is 4.33 Å². The first-order valence-corrected chi connectivity index (χ1v) is 8.99. The van der Waals surface area contributed by atoms with E-state index in [4.69, 9.17) is 85.9 Å². The van der Waals surface area contributed by atoms with Gasteiger partial charge in [0, 0.05) is 10.9 Å². The molecule has 3 rings (SSSR count). The highest BCUT2D eigenvalue weighted by Crippen LogP contribution is 2.74. The minimum Gasteiger partial charge on any atom is -0.493 e. The van der Waals surface area contributed by atoms with Crippen molar-refractivity contribution >= 4 is 81.2 Å². The maximum atomic E-state index is 6.66. The fraction of sp³-hybridized carbons (Fsp3) is 0.429. The predicted molar refractivity (Wildman–Crippen MR) is 95.4 cm³/mol. The maximum absolute atomic E-state index is 6.66. The number of halogens is 7. The van der Waals surface area contributed by atoms with Crippen LogP contribution in [0.4, 0.5) is 0 Å². The Balaban J connectivity index is 1.84. The largest absolute Gasteiger partial charge is 0.493 e. The van der Waals surface area contributed by atoms with Crippen molar-refractivity contribution in [2.45, 2.75) is 20.5 Å². The van der Waals surface area contributed by atoms with E-state index in [1.54, 1.807) is 24.3 Å². The van der Waals surface area contributed by atoms with Crippen molar-refractivity contribution in [3.8, 4) is 5.75 Å². The van der Waals surface area contributed by atoms with Crippen LogP contribution in [-0.2, 0) is 0 Å². The molecule has 0 N–H and O–H groups in total. The number of benzene rings is 1. The van der Waals surface area contributed by atoms with Crippen molar-refractivity contribution in [1.29, 1.82) is 0 Å². The molecular weight excluding hydrogens is 432 g/mol. The maximum Gasteiger partial charge on any atom is 0.166 e. The summed E-state index contributed by atoms with van der Waals surface area (Å²) in [4.78, 5) is -2.48. The van der Waals surface area contributed by atoms with E-state index in [1.165, 1.54) is 0 Å². The van der Waals surface area contributed by atoms with E-state index < -0.39 is 14.1 Å². The van der Waals surface area contributed by atoms with Gasteiger partial charge in [0.2, 0.25) is 0 Å². The van der Waals surface area contributed by atoms with Crippen molar-refractivity contribution in [1.82, 2.24) is 0 Å². The summed E-state index contributed by atoms with van der Waals surface area (Å²) in [5.41, 5.74) is 0. The normalized spacial score (nSPS) is 36.0. The van der Waals surface area contributed by atoms with Gasteiger partial charge in [0.25, 0.3) is 0 Å². The van der Waals surface area contributed by atoms with E-state index in [1.807, 2.05) is 0 Å².